The maximum atomic E-state index is 14.4. The first-order chi connectivity index (χ1) is 21.8. The van der Waals surface area contributed by atoms with Crippen LogP contribution in [0.3, 0.4) is 0 Å². The molecule has 1 amide bonds. The Morgan fingerprint density at radius 1 is 0.911 bits per heavy atom. The topological polar surface area (TPSA) is 98.5 Å². The molecule has 3 aromatic rings. The molecule has 2 aliphatic rings. The van der Waals surface area contributed by atoms with Gasteiger partial charge in [0, 0.05) is 45.3 Å². The SMILES string of the molecule is O=C(O)CCCCCCCCCCN1C(=O)/C(=C\c2c(N3CCN(c4ccccc4F)CC3)nc3ccccn3c2=O)SC1=S. The van der Waals surface area contributed by atoms with Crippen molar-refractivity contribution in [3.05, 3.63) is 75.3 Å². The minimum Gasteiger partial charge on any atom is -0.481 e. The number of hydrogen-bond acceptors (Lipinski definition) is 8. The Morgan fingerprint density at radius 3 is 2.27 bits per heavy atom. The molecule has 9 nitrogen and oxygen atoms in total. The molecule has 0 bridgehead atoms. The van der Waals surface area contributed by atoms with E-state index >= 15 is 0 Å². The van der Waals surface area contributed by atoms with Gasteiger partial charge in [0.1, 0.15) is 21.6 Å². The average molecular weight is 652 g/mol. The number of amides is 1. The van der Waals surface area contributed by atoms with Crippen molar-refractivity contribution < 1.29 is 19.1 Å². The number of nitrogens with zero attached hydrogens (tertiary/aromatic N) is 5. The van der Waals surface area contributed by atoms with E-state index in [-0.39, 0.29) is 23.7 Å². The summed E-state index contributed by atoms with van der Waals surface area (Å²) in [6.45, 7) is 2.72. The molecule has 2 aromatic heterocycles. The number of anilines is 2. The Morgan fingerprint density at radius 2 is 1.56 bits per heavy atom. The van der Waals surface area contributed by atoms with E-state index in [1.165, 1.54) is 22.2 Å². The number of unbranched alkanes of at least 4 members (excludes halogenated alkanes) is 7. The minimum absolute atomic E-state index is 0.198. The van der Waals surface area contributed by atoms with E-state index < -0.39 is 5.97 Å². The van der Waals surface area contributed by atoms with Crippen molar-refractivity contribution in [2.45, 2.75) is 57.8 Å². The molecule has 0 radical (unpaired) electrons. The molecule has 2 aliphatic heterocycles. The Kier molecular flexibility index (Phi) is 11.2. The summed E-state index contributed by atoms with van der Waals surface area (Å²) in [5.41, 5.74) is 1.14. The molecule has 238 valence electrons. The number of thioether (sulfide) groups is 1. The second-order valence-electron chi connectivity index (χ2n) is 11.3. The fraction of sp³-hybridized carbons (Fsp3) is 0.424. The number of carboxylic acids is 1. The number of para-hydroxylation sites is 1. The monoisotopic (exact) mass is 651 g/mol. The number of pyridine rings is 1. The fourth-order valence-corrected chi connectivity index (χ4v) is 7.05. The number of thiocarbonyl (C=S) groups is 1. The van der Waals surface area contributed by atoms with Crippen LogP contribution in [0.1, 0.15) is 63.4 Å². The summed E-state index contributed by atoms with van der Waals surface area (Å²) >= 11 is 6.78. The van der Waals surface area contributed by atoms with E-state index in [0.717, 1.165) is 51.4 Å². The van der Waals surface area contributed by atoms with Crippen LogP contribution in [0.25, 0.3) is 11.7 Å². The molecule has 4 heterocycles. The molecule has 0 aliphatic carbocycles. The summed E-state index contributed by atoms with van der Waals surface area (Å²) in [5.74, 6) is -0.691. The van der Waals surface area contributed by atoms with Gasteiger partial charge in [0.25, 0.3) is 11.5 Å². The molecule has 0 saturated carbocycles. The third-order valence-electron chi connectivity index (χ3n) is 8.19. The lowest BCUT2D eigenvalue weighted by molar-refractivity contribution is -0.137. The van der Waals surface area contributed by atoms with Gasteiger partial charge in [-0.25, -0.2) is 9.37 Å². The van der Waals surface area contributed by atoms with Crippen LogP contribution in [-0.4, -0.2) is 68.3 Å². The van der Waals surface area contributed by atoms with Crippen LogP contribution in [0.4, 0.5) is 15.9 Å². The molecular weight excluding hydrogens is 614 g/mol. The molecule has 2 saturated heterocycles. The van der Waals surface area contributed by atoms with Crippen LogP contribution in [-0.2, 0) is 9.59 Å². The zero-order chi connectivity index (χ0) is 31.8. The van der Waals surface area contributed by atoms with Crippen LogP contribution in [0, 0.1) is 5.82 Å². The van der Waals surface area contributed by atoms with E-state index in [1.807, 2.05) is 21.9 Å². The second-order valence-corrected chi connectivity index (χ2v) is 13.0. The number of aliphatic carboxylic acids is 1. The lowest BCUT2D eigenvalue weighted by atomic mass is 10.1. The van der Waals surface area contributed by atoms with Crippen LogP contribution in [0.2, 0.25) is 0 Å². The summed E-state index contributed by atoms with van der Waals surface area (Å²) in [4.78, 5) is 48.7. The van der Waals surface area contributed by atoms with E-state index in [9.17, 15) is 18.8 Å². The number of carbonyl (C=O) groups excluding carboxylic acids is 1. The van der Waals surface area contributed by atoms with Gasteiger partial charge in [-0.1, -0.05) is 80.7 Å². The van der Waals surface area contributed by atoms with Gasteiger partial charge >= 0.3 is 5.97 Å². The number of rotatable bonds is 14. The number of benzene rings is 1. The molecule has 5 rings (SSSR count). The van der Waals surface area contributed by atoms with Crippen molar-refractivity contribution in [3.63, 3.8) is 0 Å². The Labute approximate surface area is 271 Å². The van der Waals surface area contributed by atoms with Gasteiger partial charge in [-0.05, 0) is 43.2 Å². The highest BCUT2D eigenvalue weighted by Gasteiger charge is 2.33. The lowest BCUT2D eigenvalue weighted by Gasteiger charge is -2.37. The first-order valence-corrected chi connectivity index (χ1v) is 16.8. The molecular formula is C33H38FN5O4S2. The van der Waals surface area contributed by atoms with E-state index in [0.29, 0.717) is 64.7 Å². The molecule has 0 spiro atoms. The van der Waals surface area contributed by atoms with Crippen LogP contribution in [0.5, 0.6) is 0 Å². The third-order valence-corrected chi connectivity index (χ3v) is 9.57. The highest BCUT2D eigenvalue weighted by atomic mass is 32.2. The quantitative estimate of drug-likeness (QED) is 0.129. The van der Waals surface area contributed by atoms with Gasteiger partial charge in [0.2, 0.25) is 0 Å². The van der Waals surface area contributed by atoms with Crippen molar-refractivity contribution in [2.24, 2.45) is 0 Å². The summed E-state index contributed by atoms with van der Waals surface area (Å²) in [7, 11) is 0. The Balaban J connectivity index is 1.24. The normalized spacial score (nSPS) is 16.4. The van der Waals surface area contributed by atoms with Crippen LogP contribution in [0.15, 0.2) is 58.4 Å². The summed E-state index contributed by atoms with van der Waals surface area (Å²) in [5, 5.41) is 8.72. The zero-order valence-electron chi connectivity index (χ0n) is 25.2. The zero-order valence-corrected chi connectivity index (χ0v) is 26.8. The fourth-order valence-electron chi connectivity index (χ4n) is 5.76. The highest BCUT2D eigenvalue weighted by molar-refractivity contribution is 8.26. The summed E-state index contributed by atoms with van der Waals surface area (Å²) < 4.78 is 16.4. The third kappa shape index (κ3) is 8.09. The van der Waals surface area contributed by atoms with Crippen LogP contribution < -0.4 is 15.4 Å². The van der Waals surface area contributed by atoms with Gasteiger partial charge in [-0.2, -0.15) is 0 Å². The van der Waals surface area contributed by atoms with E-state index in [2.05, 4.69) is 0 Å². The minimum atomic E-state index is -0.737. The van der Waals surface area contributed by atoms with Gasteiger partial charge in [0.15, 0.2) is 0 Å². The standard InChI is InChI=1S/C33H38FN5O4S2/c34-25-13-8-9-14-26(25)36-19-21-37(22-20-36)30-24(31(42)38-17-12-10-15-28(38)35-30)23-27-32(43)39(33(44)45-27)18-11-6-4-2-1-3-5-7-16-29(40)41/h8-10,12-15,17,23H,1-7,11,16,18-22H2,(H,40,41)/b27-23+. The Bertz CT molecular complexity index is 1640. The van der Waals surface area contributed by atoms with E-state index in [4.69, 9.17) is 22.3 Å². The maximum absolute atomic E-state index is 14.4. The molecule has 2 fully saturated rings. The first kappa shape index (κ1) is 32.6. The first-order valence-electron chi connectivity index (χ1n) is 15.6. The molecule has 45 heavy (non-hydrogen) atoms. The van der Waals surface area contributed by atoms with Crippen molar-refractivity contribution in [1.82, 2.24) is 14.3 Å². The predicted molar refractivity (Wildman–Crippen MR) is 181 cm³/mol. The molecule has 0 unspecified atom stereocenters. The number of aromatic nitrogens is 2. The number of hydrogen-bond donors (Lipinski definition) is 1. The largest absolute Gasteiger partial charge is 0.481 e. The molecule has 1 aromatic carbocycles. The van der Waals surface area contributed by atoms with Gasteiger partial charge in [0.05, 0.1) is 16.2 Å². The van der Waals surface area contributed by atoms with Crippen molar-refractivity contribution in [3.8, 4) is 0 Å². The molecule has 1 N–H and O–H groups in total. The predicted octanol–water partition coefficient (Wildman–Crippen LogP) is 5.96. The molecule has 0 atom stereocenters. The summed E-state index contributed by atoms with van der Waals surface area (Å²) in [6.07, 6.45) is 11.3. The van der Waals surface area contributed by atoms with E-state index in [1.54, 1.807) is 41.4 Å². The van der Waals surface area contributed by atoms with Crippen molar-refractivity contribution in [1.29, 1.82) is 0 Å². The maximum Gasteiger partial charge on any atom is 0.303 e. The number of carboxylic acid groups (broad SMARTS) is 1. The van der Waals surface area contributed by atoms with Gasteiger partial charge < -0.3 is 14.9 Å². The number of halogens is 1. The van der Waals surface area contributed by atoms with Crippen molar-refractivity contribution >= 4 is 63.4 Å². The number of piperazine rings is 1. The highest BCUT2D eigenvalue weighted by Crippen LogP contribution is 2.34. The Hall–Kier alpha value is -3.77. The van der Waals surface area contributed by atoms with Gasteiger partial charge in [-0.3, -0.25) is 23.7 Å². The van der Waals surface area contributed by atoms with Gasteiger partial charge in [-0.15, -0.1) is 0 Å². The average Bonchev–Trinajstić information content (AvgIpc) is 3.30. The van der Waals surface area contributed by atoms with Crippen LogP contribution >= 0.6 is 24.0 Å². The van der Waals surface area contributed by atoms with Crippen molar-refractivity contribution in [2.75, 3.05) is 42.5 Å². The second kappa shape index (κ2) is 15.5. The summed E-state index contributed by atoms with van der Waals surface area (Å²) in [6, 6.07) is 12.1. The molecule has 12 heteroatoms. The number of fused-ring (bicyclic) bond motifs is 1. The number of carbonyl (C=O) groups is 2. The smallest absolute Gasteiger partial charge is 0.303 e. The lowest BCUT2D eigenvalue weighted by Crippen LogP contribution is -2.47.